The molecule has 1 unspecified atom stereocenters. The second-order valence-electron chi connectivity index (χ2n) is 9.67. The number of nitrogens with one attached hydrogen (secondary N) is 1. The second kappa shape index (κ2) is 12.2. The van der Waals surface area contributed by atoms with E-state index in [4.69, 9.17) is 9.47 Å². The molecule has 0 saturated carbocycles. The summed E-state index contributed by atoms with van der Waals surface area (Å²) in [5.74, 6) is 1.27. The molecule has 0 spiro atoms. The molecule has 2 rings (SSSR count). The highest BCUT2D eigenvalue weighted by atomic mass is 79.9. The Morgan fingerprint density at radius 3 is 2.24 bits per heavy atom. The van der Waals surface area contributed by atoms with Gasteiger partial charge in [-0.2, -0.15) is 0 Å². The van der Waals surface area contributed by atoms with E-state index in [1.807, 2.05) is 70.2 Å². The summed E-state index contributed by atoms with van der Waals surface area (Å²) < 4.78 is 11.9. The molecular formula is C27H37BrN2O4. The zero-order chi connectivity index (χ0) is 25.5. The van der Waals surface area contributed by atoms with Crippen LogP contribution >= 0.6 is 15.9 Å². The van der Waals surface area contributed by atoms with E-state index in [0.717, 1.165) is 15.8 Å². The molecule has 7 heteroatoms. The second-order valence-corrected chi connectivity index (χ2v) is 10.5. The maximum Gasteiger partial charge on any atom is 0.261 e. The third-order valence-electron chi connectivity index (χ3n) is 5.37. The van der Waals surface area contributed by atoms with Gasteiger partial charge < -0.3 is 19.7 Å². The Morgan fingerprint density at radius 2 is 1.74 bits per heavy atom. The molecule has 2 amide bonds. The number of methoxy groups -OCH3 is 1. The lowest BCUT2D eigenvalue weighted by Gasteiger charge is -2.33. The number of hydrogen-bond donors (Lipinski definition) is 1. The topological polar surface area (TPSA) is 67.9 Å². The van der Waals surface area contributed by atoms with Crippen molar-refractivity contribution in [3.05, 3.63) is 58.1 Å². The van der Waals surface area contributed by atoms with Crippen LogP contribution in [0.2, 0.25) is 0 Å². The van der Waals surface area contributed by atoms with Crippen LogP contribution in [0.3, 0.4) is 0 Å². The van der Waals surface area contributed by atoms with E-state index in [-0.39, 0.29) is 25.0 Å². The predicted octanol–water partition coefficient (Wildman–Crippen LogP) is 5.68. The highest BCUT2D eigenvalue weighted by Crippen LogP contribution is 2.29. The van der Waals surface area contributed by atoms with E-state index in [1.54, 1.807) is 12.0 Å². The molecule has 0 fully saturated rings. The first kappa shape index (κ1) is 27.7. The van der Waals surface area contributed by atoms with Gasteiger partial charge in [-0.3, -0.25) is 9.59 Å². The van der Waals surface area contributed by atoms with Crippen LogP contribution < -0.4 is 14.8 Å². The molecule has 0 heterocycles. The van der Waals surface area contributed by atoms with Gasteiger partial charge in [0, 0.05) is 12.1 Å². The predicted molar refractivity (Wildman–Crippen MR) is 139 cm³/mol. The Hall–Kier alpha value is -2.54. The Morgan fingerprint density at radius 1 is 1.09 bits per heavy atom. The van der Waals surface area contributed by atoms with Gasteiger partial charge >= 0.3 is 0 Å². The van der Waals surface area contributed by atoms with Crippen molar-refractivity contribution in [3.8, 4) is 11.5 Å². The maximum absolute atomic E-state index is 13.4. The molecule has 1 N–H and O–H groups in total. The lowest BCUT2D eigenvalue weighted by Crippen LogP contribution is -2.54. The average molecular weight is 534 g/mol. The van der Waals surface area contributed by atoms with Crippen LogP contribution in [0.25, 0.3) is 0 Å². The monoisotopic (exact) mass is 532 g/mol. The Balaban J connectivity index is 2.25. The normalized spacial score (nSPS) is 12.3. The van der Waals surface area contributed by atoms with E-state index in [1.165, 1.54) is 5.56 Å². The van der Waals surface area contributed by atoms with Gasteiger partial charge in [0.15, 0.2) is 6.61 Å². The number of carbonyl (C=O) groups excluding carboxylic acids is 2. The van der Waals surface area contributed by atoms with Crippen molar-refractivity contribution in [3.63, 3.8) is 0 Å². The number of amides is 2. The molecule has 0 saturated heterocycles. The number of halogens is 1. The molecule has 34 heavy (non-hydrogen) atoms. The fraction of sp³-hybridized carbons (Fsp3) is 0.481. The number of hydrogen-bond acceptors (Lipinski definition) is 4. The molecule has 0 aliphatic carbocycles. The van der Waals surface area contributed by atoms with Crippen molar-refractivity contribution >= 4 is 27.7 Å². The van der Waals surface area contributed by atoms with Crippen molar-refractivity contribution in [1.29, 1.82) is 0 Å². The summed E-state index contributed by atoms with van der Waals surface area (Å²) in [5, 5.41) is 3.01. The molecule has 0 aliphatic rings. The van der Waals surface area contributed by atoms with Gasteiger partial charge in [-0.05, 0) is 84.4 Å². The lowest BCUT2D eigenvalue weighted by atomic mass is 10.0. The molecule has 2 aromatic rings. The molecule has 0 radical (unpaired) electrons. The first-order valence-corrected chi connectivity index (χ1v) is 12.4. The zero-order valence-electron chi connectivity index (χ0n) is 21.3. The van der Waals surface area contributed by atoms with Gasteiger partial charge in [-0.1, -0.05) is 39.0 Å². The van der Waals surface area contributed by atoms with Crippen molar-refractivity contribution in [2.75, 3.05) is 13.7 Å². The SMILES string of the molecule is CCC(C(=O)NC(C)(C)C)N(Cc1ccc(OC)cc1)C(=O)COc1ccc(C(C)C)cc1Br. The Bertz CT molecular complexity index is 968. The lowest BCUT2D eigenvalue weighted by molar-refractivity contribution is -0.143. The van der Waals surface area contributed by atoms with Crippen LogP contribution in [0.4, 0.5) is 0 Å². The summed E-state index contributed by atoms with van der Waals surface area (Å²) in [6, 6.07) is 12.7. The number of rotatable bonds is 10. The van der Waals surface area contributed by atoms with Gasteiger partial charge in [-0.25, -0.2) is 0 Å². The third kappa shape index (κ3) is 8.05. The average Bonchev–Trinajstić information content (AvgIpc) is 2.77. The summed E-state index contributed by atoms with van der Waals surface area (Å²) in [7, 11) is 1.61. The third-order valence-corrected chi connectivity index (χ3v) is 5.99. The van der Waals surface area contributed by atoms with Crippen LogP contribution in [-0.2, 0) is 16.1 Å². The van der Waals surface area contributed by atoms with E-state index in [2.05, 4.69) is 35.1 Å². The summed E-state index contributed by atoms with van der Waals surface area (Å²) in [5.41, 5.74) is 1.67. The summed E-state index contributed by atoms with van der Waals surface area (Å²) in [6.45, 7) is 12.0. The quantitative estimate of drug-likeness (QED) is 0.427. The van der Waals surface area contributed by atoms with E-state index in [9.17, 15) is 9.59 Å². The number of nitrogens with zero attached hydrogens (tertiary/aromatic N) is 1. The van der Waals surface area contributed by atoms with E-state index >= 15 is 0 Å². The van der Waals surface area contributed by atoms with Crippen molar-refractivity contribution < 1.29 is 19.1 Å². The highest BCUT2D eigenvalue weighted by Gasteiger charge is 2.31. The summed E-state index contributed by atoms with van der Waals surface area (Å²) in [4.78, 5) is 28.1. The van der Waals surface area contributed by atoms with Gasteiger partial charge in [0.1, 0.15) is 17.5 Å². The van der Waals surface area contributed by atoms with Gasteiger partial charge in [0.25, 0.3) is 5.91 Å². The molecular weight excluding hydrogens is 496 g/mol. The van der Waals surface area contributed by atoms with Gasteiger partial charge in [-0.15, -0.1) is 0 Å². The largest absolute Gasteiger partial charge is 0.497 e. The van der Waals surface area contributed by atoms with Gasteiger partial charge in [0.05, 0.1) is 11.6 Å². The van der Waals surface area contributed by atoms with Crippen LogP contribution in [-0.4, -0.2) is 42.0 Å². The summed E-state index contributed by atoms with van der Waals surface area (Å²) >= 11 is 3.54. The Kier molecular flexibility index (Phi) is 9.98. The molecule has 186 valence electrons. The van der Waals surface area contributed by atoms with E-state index < -0.39 is 11.6 Å². The minimum absolute atomic E-state index is 0.172. The minimum atomic E-state index is -0.621. The molecule has 0 bridgehead atoms. The zero-order valence-corrected chi connectivity index (χ0v) is 22.9. The number of carbonyl (C=O) groups is 2. The first-order chi connectivity index (χ1) is 15.9. The van der Waals surface area contributed by atoms with Crippen LogP contribution in [0, 0.1) is 0 Å². The Labute approximate surface area is 212 Å². The molecule has 0 aromatic heterocycles. The fourth-order valence-electron chi connectivity index (χ4n) is 3.52. The molecule has 1 atom stereocenters. The van der Waals surface area contributed by atoms with Crippen LogP contribution in [0.1, 0.15) is 65.0 Å². The molecule has 0 aliphatic heterocycles. The molecule has 6 nitrogen and oxygen atoms in total. The minimum Gasteiger partial charge on any atom is -0.497 e. The van der Waals surface area contributed by atoms with Crippen LogP contribution in [0.5, 0.6) is 11.5 Å². The highest BCUT2D eigenvalue weighted by molar-refractivity contribution is 9.10. The first-order valence-electron chi connectivity index (χ1n) is 11.6. The van der Waals surface area contributed by atoms with Gasteiger partial charge in [0.2, 0.25) is 5.91 Å². The summed E-state index contributed by atoms with van der Waals surface area (Å²) in [6.07, 6.45) is 0.483. The standard InChI is InChI=1S/C27H37BrN2O4/c1-8-23(26(32)29-27(4,5)6)30(16-19-9-12-21(33-7)13-10-19)25(31)17-34-24-14-11-20(18(2)3)15-22(24)28/h9-15,18,23H,8,16-17H2,1-7H3,(H,29,32). The number of benzene rings is 2. The van der Waals surface area contributed by atoms with Crippen LogP contribution in [0.15, 0.2) is 46.9 Å². The fourth-order valence-corrected chi connectivity index (χ4v) is 4.03. The van der Waals surface area contributed by atoms with E-state index in [0.29, 0.717) is 18.1 Å². The van der Waals surface area contributed by atoms with Crippen molar-refractivity contribution in [2.24, 2.45) is 0 Å². The van der Waals surface area contributed by atoms with Crippen molar-refractivity contribution in [2.45, 2.75) is 72.0 Å². The maximum atomic E-state index is 13.4. The number of ether oxygens (including phenoxy) is 2. The smallest absolute Gasteiger partial charge is 0.261 e. The van der Waals surface area contributed by atoms with Crippen molar-refractivity contribution in [1.82, 2.24) is 10.2 Å². The molecule has 2 aromatic carbocycles.